The van der Waals surface area contributed by atoms with Gasteiger partial charge in [0.2, 0.25) is 12.0 Å². The van der Waals surface area contributed by atoms with E-state index in [0.29, 0.717) is 0 Å². The molecule has 0 aliphatic carbocycles. The number of aromatic nitrogens is 2. The lowest BCUT2D eigenvalue weighted by molar-refractivity contribution is 1.05. The van der Waals surface area contributed by atoms with Crippen LogP contribution >= 0.6 is 11.8 Å². The summed E-state index contributed by atoms with van der Waals surface area (Å²) in [6.45, 7) is 0. The van der Waals surface area contributed by atoms with Crippen molar-refractivity contribution >= 4 is 29.6 Å². The zero-order valence-corrected chi connectivity index (χ0v) is 6.72. The molecule has 5 heteroatoms. The molecule has 0 fully saturated rings. The summed E-state index contributed by atoms with van der Waals surface area (Å²) < 4.78 is 0. The van der Waals surface area contributed by atoms with E-state index in [4.69, 9.17) is 0 Å². The maximum atomic E-state index is 4.08. The van der Waals surface area contributed by atoms with E-state index in [1.54, 1.807) is 18.1 Å². The van der Waals surface area contributed by atoms with Crippen LogP contribution in [0.2, 0.25) is 0 Å². The highest BCUT2D eigenvalue weighted by Crippen LogP contribution is 2.28. The van der Waals surface area contributed by atoms with Crippen molar-refractivity contribution in [2.24, 2.45) is 0 Å². The summed E-state index contributed by atoms with van der Waals surface area (Å²) in [7, 11) is 0. The third kappa shape index (κ3) is 0.970. The summed E-state index contributed by atoms with van der Waals surface area (Å²) in [5.74, 6) is 0.726. The van der Waals surface area contributed by atoms with Crippen molar-refractivity contribution < 1.29 is 0 Å². The molecule has 0 saturated carbocycles. The molecule has 0 bridgehead atoms. The monoisotopic (exact) mass is 166 g/mol. The van der Waals surface area contributed by atoms with Gasteiger partial charge in [0.05, 0.1) is 0 Å². The number of nitrogens with zero attached hydrogens (tertiary/aromatic N) is 3. The van der Waals surface area contributed by atoms with E-state index in [9.17, 15) is 0 Å². The largest absolute Gasteiger partial charge is 0.340 e. The molecule has 1 radical (unpaired) electrons. The molecule has 0 atom stereocenters. The van der Waals surface area contributed by atoms with E-state index in [2.05, 4.69) is 20.3 Å². The first-order valence-corrected chi connectivity index (χ1v) is 4.32. The Kier molecular flexibility index (Phi) is 1.50. The highest BCUT2D eigenvalue weighted by molar-refractivity contribution is 7.98. The van der Waals surface area contributed by atoms with E-state index in [-0.39, 0.29) is 0 Å². The minimum Gasteiger partial charge on any atom is -0.269 e. The normalized spacial score (nSPS) is 12.8. The molecule has 0 spiro atoms. The van der Waals surface area contributed by atoms with Gasteiger partial charge in [-0.05, 0) is 6.26 Å². The lowest BCUT2D eigenvalue weighted by Crippen LogP contribution is -1.92. The molecule has 0 amide bonds. The van der Waals surface area contributed by atoms with Gasteiger partial charge < -0.3 is 0 Å². The Bertz CT molecular complexity index is 309. The number of anilines is 1. The van der Waals surface area contributed by atoms with Gasteiger partial charge in [-0.2, -0.15) is 0 Å². The standard InChI is InChI=1S/C6H6N4S/c1-11-6-4-5(8-2-7-4)9-3-10-6/h2-3,7H,1H3/q+1. The molecule has 11 heavy (non-hydrogen) atoms. The Hall–Kier alpha value is -1.10. The molecule has 2 rings (SSSR count). The van der Waals surface area contributed by atoms with Crippen LogP contribution < -0.4 is 10.3 Å². The minimum atomic E-state index is 0.726. The van der Waals surface area contributed by atoms with Crippen LogP contribution in [0.1, 0.15) is 0 Å². The molecule has 4 nitrogen and oxygen atoms in total. The van der Waals surface area contributed by atoms with Crippen LogP contribution in [0.4, 0.5) is 11.5 Å². The predicted molar refractivity (Wildman–Crippen MR) is 45.3 cm³/mol. The molecule has 0 saturated heterocycles. The first kappa shape index (κ1) is 6.60. The number of rotatable bonds is 1. The van der Waals surface area contributed by atoms with E-state index in [0.717, 1.165) is 16.5 Å². The molecule has 1 N–H and O–H groups in total. The number of fused-ring (bicyclic) bond motifs is 1. The number of thioether (sulfide) groups is 1. The topological polar surface area (TPSA) is 51.9 Å². The summed E-state index contributed by atoms with van der Waals surface area (Å²) in [5.41, 5.74) is 0.917. The van der Waals surface area contributed by atoms with Crippen molar-refractivity contribution in [2.75, 3.05) is 11.6 Å². The van der Waals surface area contributed by atoms with Gasteiger partial charge in [-0.25, -0.2) is 4.98 Å². The summed E-state index contributed by atoms with van der Waals surface area (Å²) >= 11 is 1.58. The third-order valence-corrected chi connectivity index (χ3v) is 2.08. The fourth-order valence-corrected chi connectivity index (χ4v) is 1.40. The fraction of sp³-hybridized carbons (Fsp3) is 0.167. The Morgan fingerprint density at radius 2 is 2.45 bits per heavy atom. The SMILES string of the molecule is CSc1ncnc2c1NC=[N+]2. The molecule has 55 valence electrons. The van der Waals surface area contributed by atoms with Gasteiger partial charge in [0.15, 0.2) is 6.33 Å². The van der Waals surface area contributed by atoms with Crippen LogP contribution in [0.3, 0.4) is 0 Å². The van der Waals surface area contributed by atoms with Crippen molar-refractivity contribution in [2.45, 2.75) is 5.03 Å². The predicted octanol–water partition coefficient (Wildman–Crippen LogP) is 0.620. The maximum absolute atomic E-state index is 4.08. The molecule has 1 aliphatic heterocycles. The molecule has 2 heterocycles. The Balaban J connectivity index is 2.55. The smallest absolute Gasteiger partial charge is 0.269 e. The first-order valence-electron chi connectivity index (χ1n) is 3.10. The van der Waals surface area contributed by atoms with Gasteiger partial charge in [0.25, 0.3) is 0 Å². The summed E-state index contributed by atoms with van der Waals surface area (Å²) in [6, 6.07) is 0. The Morgan fingerprint density at radius 1 is 1.55 bits per heavy atom. The number of hydrogen-bond donors (Lipinski definition) is 1. The average Bonchev–Trinajstić information content (AvgIpc) is 2.50. The first-order chi connectivity index (χ1) is 5.42. The molecular weight excluding hydrogens is 160 g/mol. The second kappa shape index (κ2) is 2.50. The van der Waals surface area contributed by atoms with E-state index < -0.39 is 0 Å². The average molecular weight is 166 g/mol. The van der Waals surface area contributed by atoms with Crippen LogP contribution in [-0.2, 0) is 0 Å². The maximum Gasteiger partial charge on any atom is 0.340 e. The van der Waals surface area contributed by atoms with Gasteiger partial charge in [0.1, 0.15) is 5.03 Å². The van der Waals surface area contributed by atoms with Crippen molar-refractivity contribution in [1.82, 2.24) is 15.0 Å². The van der Waals surface area contributed by atoms with Gasteiger partial charge in [0, 0.05) is 0 Å². The zero-order valence-electron chi connectivity index (χ0n) is 5.90. The molecule has 0 aromatic carbocycles. The van der Waals surface area contributed by atoms with Gasteiger partial charge in [-0.3, -0.25) is 5.32 Å². The van der Waals surface area contributed by atoms with Crippen molar-refractivity contribution in [1.29, 1.82) is 0 Å². The molecule has 0 unspecified atom stereocenters. The molecule has 1 aliphatic rings. The van der Waals surface area contributed by atoms with Crippen LogP contribution in [-0.4, -0.2) is 22.6 Å². The number of aliphatic imine (C=N–C) groups is 1. The van der Waals surface area contributed by atoms with Crippen molar-refractivity contribution in [3.8, 4) is 0 Å². The molecule has 1 aromatic rings. The van der Waals surface area contributed by atoms with E-state index >= 15 is 0 Å². The van der Waals surface area contributed by atoms with Crippen LogP contribution in [0.5, 0.6) is 0 Å². The van der Waals surface area contributed by atoms with Crippen LogP contribution in [0, 0.1) is 0 Å². The van der Waals surface area contributed by atoms with E-state index in [1.807, 2.05) is 6.26 Å². The second-order valence-corrected chi connectivity index (χ2v) is 2.78. The quantitative estimate of drug-likeness (QED) is 0.491. The van der Waals surface area contributed by atoms with Gasteiger partial charge >= 0.3 is 5.82 Å². The zero-order chi connectivity index (χ0) is 7.68. The highest BCUT2D eigenvalue weighted by Gasteiger charge is 2.21. The van der Waals surface area contributed by atoms with Crippen LogP contribution in [0.15, 0.2) is 11.4 Å². The van der Waals surface area contributed by atoms with E-state index in [1.165, 1.54) is 6.33 Å². The number of nitrogens with one attached hydrogen (secondary N) is 1. The Morgan fingerprint density at radius 3 is 3.27 bits per heavy atom. The second-order valence-electron chi connectivity index (χ2n) is 1.98. The lowest BCUT2D eigenvalue weighted by Gasteiger charge is -1.94. The summed E-state index contributed by atoms with van der Waals surface area (Å²) in [5, 5.41) is 3.92. The molecule has 1 aromatic heterocycles. The van der Waals surface area contributed by atoms with Crippen molar-refractivity contribution in [3.05, 3.63) is 6.33 Å². The summed E-state index contributed by atoms with van der Waals surface area (Å²) in [6.07, 6.45) is 5.12. The number of hydrogen-bond acceptors (Lipinski definition) is 5. The van der Waals surface area contributed by atoms with Gasteiger partial charge in [-0.15, -0.1) is 11.8 Å². The highest BCUT2D eigenvalue weighted by atomic mass is 32.2. The summed E-state index contributed by atoms with van der Waals surface area (Å²) in [4.78, 5) is 12.1. The fourth-order valence-electron chi connectivity index (χ4n) is 0.898. The van der Waals surface area contributed by atoms with Gasteiger partial charge in [-0.1, -0.05) is 9.98 Å². The van der Waals surface area contributed by atoms with Crippen LogP contribution in [0.25, 0.3) is 0 Å². The molecular formula is C6H6N4S+. The Labute approximate surface area is 68.2 Å². The minimum absolute atomic E-state index is 0.726. The van der Waals surface area contributed by atoms with Crippen molar-refractivity contribution in [3.63, 3.8) is 0 Å². The third-order valence-electron chi connectivity index (χ3n) is 1.38. The lowest BCUT2D eigenvalue weighted by atomic mass is 10.5.